The lowest BCUT2D eigenvalue weighted by molar-refractivity contribution is 0.100. The van der Waals surface area contributed by atoms with Gasteiger partial charge in [0.05, 0.1) is 22.3 Å². The predicted molar refractivity (Wildman–Crippen MR) is 89.3 cm³/mol. The Morgan fingerprint density at radius 2 is 1.23 bits per heavy atom. The van der Waals surface area contributed by atoms with Crippen LogP contribution in [0.25, 0.3) is 27.5 Å². The molecule has 3 aromatic carbocycles. The molecule has 1 aromatic heterocycles. The first kappa shape index (κ1) is 12.7. The van der Waals surface area contributed by atoms with Crippen LogP contribution in [0, 0.1) is 0 Å². The van der Waals surface area contributed by atoms with Crippen molar-refractivity contribution in [3.63, 3.8) is 0 Å². The van der Waals surface area contributed by atoms with Crippen LogP contribution in [0.3, 0.4) is 0 Å². The quantitative estimate of drug-likeness (QED) is 0.597. The minimum Gasteiger partial charge on any atom is -0.366 e. The summed E-state index contributed by atoms with van der Waals surface area (Å²) in [6, 6.07) is 23.8. The zero-order chi connectivity index (χ0) is 15.1. The standard InChI is InChI=1S/C19H14N2O/c20-19(22)15-9-3-6-12-18(15)21-16-10-4-1-7-13(16)14-8-2-5-11-17(14)21/h1-12H,(H2,20,22). The van der Waals surface area contributed by atoms with Gasteiger partial charge in [0.1, 0.15) is 0 Å². The summed E-state index contributed by atoms with van der Waals surface area (Å²) >= 11 is 0. The van der Waals surface area contributed by atoms with Gasteiger partial charge in [0, 0.05) is 10.8 Å². The molecule has 2 N–H and O–H groups in total. The van der Waals surface area contributed by atoms with Crippen LogP contribution >= 0.6 is 0 Å². The summed E-state index contributed by atoms with van der Waals surface area (Å²) in [5.41, 5.74) is 9.03. The maximum Gasteiger partial charge on any atom is 0.250 e. The highest BCUT2D eigenvalue weighted by Gasteiger charge is 2.15. The third kappa shape index (κ3) is 1.72. The van der Waals surface area contributed by atoms with Gasteiger partial charge >= 0.3 is 0 Å². The molecule has 4 rings (SSSR count). The number of carbonyl (C=O) groups excluding carboxylic acids is 1. The summed E-state index contributed by atoms with van der Waals surface area (Å²) in [6.07, 6.45) is 0. The highest BCUT2D eigenvalue weighted by Crippen LogP contribution is 2.32. The number of rotatable bonds is 2. The van der Waals surface area contributed by atoms with Crippen LogP contribution in [-0.2, 0) is 0 Å². The van der Waals surface area contributed by atoms with Crippen molar-refractivity contribution >= 4 is 27.7 Å². The van der Waals surface area contributed by atoms with Crippen LogP contribution in [0.5, 0.6) is 0 Å². The number of nitrogens with two attached hydrogens (primary N) is 1. The molecule has 0 saturated carbocycles. The van der Waals surface area contributed by atoms with Gasteiger partial charge in [-0.25, -0.2) is 0 Å². The van der Waals surface area contributed by atoms with E-state index in [4.69, 9.17) is 5.73 Å². The van der Waals surface area contributed by atoms with Crippen LogP contribution in [0.15, 0.2) is 72.8 Å². The Morgan fingerprint density at radius 1 is 0.727 bits per heavy atom. The number of nitrogens with zero attached hydrogens (tertiary/aromatic N) is 1. The first-order valence-corrected chi connectivity index (χ1v) is 7.15. The van der Waals surface area contributed by atoms with E-state index in [0.717, 1.165) is 27.5 Å². The molecule has 0 aliphatic rings. The second kappa shape index (κ2) is 4.74. The van der Waals surface area contributed by atoms with E-state index < -0.39 is 5.91 Å². The smallest absolute Gasteiger partial charge is 0.250 e. The van der Waals surface area contributed by atoms with Crippen LogP contribution in [0.2, 0.25) is 0 Å². The van der Waals surface area contributed by atoms with Crippen LogP contribution < -0.4 is 5.73 Å². The minimum absolute atomic E-state index is 0.419. The molecule has 0 bridgehead atoms. The van der Waals surface area contributed by atoms with Crippen LogP contribution in [0.1, 0.15) is 10.4 Å². The number of hydrogen-bond acceptors (Lipinski definition) is 1. The number of primary amides is 1. The average Bonchev–Trinajstić information content (AvgIpc) is 2.89. The third-order valence-corrected chi connectivity index (χ3v) is 3.99. The number of amides is 1. The number of hydrogen-bond donors (Lipinski definition) is 1. The van der Waals surface area contributed by atoms with E-state index in [1.165, 1.54) is 0 Å². The van der Waals surface area contributed by atoms with Gasteiger partial charge in [0.2, 0.25) is 0 Å². The van der Waals surface area contributed by atoms with Crippen molar-refractivity contribution in [3.05, 3.63) is 78.4 Å². The molecular weight excluding hydrogens is 272 g/mol. The minimum atomic E-state index is -0.419. The summed E-state index contributed by atoms with van der Waals surface area (Å²) < 4.78 is 2.10. The maximum absolute atomic E-state index is 11.8. The Morgan fingerprint density at radius 3 is 1.82 bits per heavy atom. The van der Waals surface area contributed by atoms with E-state index in [1.807, 2.05) is 42.5 Å². The molecule has 106 valence electrons. The number of carbonyl (C=O) groups is 1. The number of para-hydroxylation sites is 3. The van der Waals surface area contributed by atoms with Crippen molar-refractivity contribution in [1.82, 2.24) is 4.57 Å². The van der Waals surface area contributed by atoms with E-state index in [2.05, 4.69) is 28.8 Å². The van der Waals surface area contributed by atoms with Crippen LogP contribution in [-0.4, -0.2) is 10.5 Å². The molecule has 0 radical (unpaired) electrons. The Labute approximate surface area is 127 Å². The molecule has 3 heteroatoms. The molecule has 1 heterocycles. The second-order valence-corrected chi connectivity index (χ2v) is 5.25. The van der Waals surface area contributed by atoms with Gasteiger partial charge < -0.3 is 10.3 Å². The van der Waals surface area contributed by atoms with E-state index in [-0.39, 0.29) is 0 Å². The van der Waals surface area contributed by atoms with Crippen molar-refractivity contribution in [2.24, 2.45) is 5.73 Å². The largest absolute Gasteiger partial charge is 0.366 e. The number of benzene rings is 3. The summed E-state index contributed by atoms with van der Waals surface area (Å²) in [5.74, 6) is -0.419. The molecule has 1 amide bonds. The molecule has 0 aliphatic carbocycles. The van der Waals surface area contributed by atoms with Crippen molar-refractivity contribution in [2.45, 2.75) is 0 Å². The average molecular weight is 286 g/mol. The van der Waals surface area contributed by atoms with Crippen molar-refractivity contribution in [3.8, 4) is 5.69 Å². The SMILES string of the molecule is NC(=O)c1ccccc1-n1c2ccccc2c2ccccc21. The summed E-state index contributed by atoms with van der Waals surface area (Å²) in [6.45, 7) is 0. The Bertz CT molecular complexity index is 961. The lowest BCUT2D eigenvalue weighted by Gasteiger charge is -2.11. The third-order valence-electron chi connectivity index (χ3n) is 3.99. The normalized spacial score (nSPS) is 11.1. The van der Waals surface area contributed by atoms with E-state index in [0.29, 0.717) is 5.56 Å². The monoisotopic (exact) mass is 286 g/mol. The molecule has 0 atom stereocenters. The first-order valence-electron chi connectivity index (χ1n) is 7.15. The van der Waals surface area contributed by atoms with Crippen molar-refractivity contribution in [1.29, 1.82) is 0 Å². The lowest BCUT2D eigenvalue weighted by atomic mass is 10.1. The van der Waals surface area contributed by atoms with Crippen molar-refractivity contribution < 1.29 is 4.79 Å². The molecule has 0 aliphatic heterocycles. The predicted octanol–water partition coefficient (Wildman–Crippen LogP) is 3.88. The fourth-order valence-electron chi connectivity index (χ4n) is 3.06. The summed E-state index contributed by atoms with van der Waals surface area (Å²) in [4.78, 5) is 11.8. The highest BCUT2D eigenvalue weighted by atomic mass is 16.1. The lowest BCUT2D eigenvalue weighted by Crippen LogP contribution is -2.14. The van der Waals surface area contributed by atoms with Crippen LogP contribution in [0.4, 0.5) is 0 Å². The molecule has 0 fully saturated rings. The first-order chi connectivity index (χ1) is 10.8. The van der Waals surface area contributed by atoms with Gasteiger partial charge in [-0.05, 0) is 24.3 Å². The van der Waals surface area contributed by atoms with Gasteiger partial charge in [-0.3, -0.25) is 4.79 Å². The zero-order valence-electron chi connectivity index (χ0n) is 11.9. The topological polar surface area (TPSA) is 48.0 Å². The molecule has 22 heavy (non-hydrogen) atoms. The highest BCUT2D eigenvalue weighted by molar-refractivity contribution is 6.10. The molecule has 3 nitrogen and oxygen atoms in total. The maximum atomic E-state index is 11.8. The van der Waals surface area contributed by atoms with Gasteiger partial charge in [0.15, 0.2) is 0 Å². The van der Waals surface area contributed by atoms with E-state index >= 15 is 0 Å². The molecular formula is C19H14N2O. The van der Waals surface area contributed by atoms with Gasteiger partial charge in [-0.2, -0.15) is 0 Å². The Hall–Kier alpha value is -3.07. The van der Waals surface area contributed by atoms with E-state index in [9.17, 15) is 4.79 Å². The summed E-state index contributed by atoms with van der Waals surface area (Å²) in [7, 11) is 0. The molecule has 0 saturated heterocycles. The molecule has 0 unspecified atom stereocenters. The fourth-order valence-corrected chi connectivity index (χ4v) is 3.06. The molecule has 0 spiro atoms. The van der Waals surface area contributed by atoms with Gasteiger partial charge in [-0.15, -0.1) is 0 Å². The van der Waals surface area contributed by atoms with Gasteiger partial charge in [0.25, 0.3) is 5.91 Å². The summed E-state index contributed by atoms with van der Waals surface area (Å²) in [5, 5.41) is 2.33. The van der Waals surface area contributed by atoms with E-state index in [1.54, 1.807) is 6.07 Å². The molecule has 4 aromatic rings. The van der Waals surface area contributed by atoms with Gasteiger partial charge in [-0.1, -0.05) is 48.5 Å². The van der Waals surface area contributed by atoms with Crippen molar-refractivity contribution in [2.75, 3.05) is 0 Å². The fraction of sp³-hybridized carbons (Fsp3) is 0. The Kier molecular flexibility index (Phi) is 2.73. The zero-order valence-corrected chi connectivity index (χ0v) is 11.9. The Balaban J connectivity index is 2.21. The number of aromatic nitrogens is 1. The number of fused-ring (bicyclic) bond motifs is 3. The second-order valence-electron chi connectivity index (χ2n) is 5.25.